The van der Waals surface area contributed by atoms with E-state index in [1.165, 1.54) is 22.7 Å². The van der Waals surface area contributed by atoms with Gasteiger partial charge in [-0.3, -0.25) is 0 Å². The van der Waals surface area contributed by atoms with Crippen molar-refractivity contribution in [3.8, 4) is 9.75 Å². The lowest BCUT2D eigenvalue weighted by Crippen LogP contribution is -1.98. The fourth-order valence-corrected chi connectivity index (χ4v) is 7.11. The minimum atomic E-state index is -3.22. The molecule has 0 atom stereocenters. The molecular weight excluding hydrogens is 248 g/mol. The molecule has 78 valence electrons. The maximum atomic E-state index is 12.3. The Morgan fingerprint density at radius 3 is 1.73 bits per heavy atom. The molecule has 0 aliphatic carbocycles. The first-order valence-corrected chi connectivity index (χ1v) is 7.69. The van der Waals surface area contributed by atoms with Crippen molar-refractivity contribution >= 4 is 32.5 Å². The van der Waals surface area contributed by atoms with Crippen LogP contribution in [0.15, 0.2) is 20.6 Å². The van der Waals surface area contributed by atoms with E-state index >= 15 is 0 Å². The second-order valence-electron chi connectivity index (χ2n) is 3.66. The van der Waals surface area contributed by atoms with E-state index in [2.05, 4.69) is 0 Å². The lowest BCUT2D eigenvalue weighted by molar-refractivity contribution is 0.598. The Balaban J connectivity index is 2.55. The van der Waals surface area contributed by atoms with Crippen LogP contribution in [-0.4, -0.2) is 8.42 Å². The highest BCUT2D eigenvalue weighted by Crippen LogP contribution is 2.52. The van der Waals surface area contributed by atoms with Gasteiger partial charge in [0.05, 0.1) is 19.5 Å². The fourth-order valence-electron chi connectivity index (χ4n) is 1.95. The minimum absolute atomic E-state index is 0.539. The van der Waals surface area contributed by atoms with Crippen molar-refractivity contribution in [2.45, 2.75) is 23.6 Å². The maximum absolute atomic E-state index is 12.3. The zero-order chi connectivity index (χ0) is 10.8. The lowest BCUT2D eigenvalue weighted by Gasteiger charge is -1.97. The first kappa shape index (κ1) is 9.57. The van der Waals surface area contributed by atoms with E-state index in [0.717, 1.165) is 20.9 Å². The van der Waals surface area contributed by atoms with Gasteiger partial charge in [-0.05, 0) is 35.7 Å². The second kappa shape index (κ2) is 2.72. The van der Waals surface area contributed by atoms with Crippen molar-refractivity contribution in [1.82, 2.24) is 0 Å². The number of fused-ring (bicyclic) bond motifs is 3. The summed E-state index contributed by atoms with van der Waals surface area (Å²) in [6.07, 6.45) is 0. The summed E-state index contributed by atoms with van der Waals surface area (Å²) in [4.78, 5) is 2.94. The summed E-state index contributed by atoms with van der Waals surface area (Å²) in [6, 6.07) is 0. The zero-order valence-electron chi connectivity index (χ0n) is 8.20. The van der Waals surface area contributed by atoms with Gasteiger partial charge in [0.15, 0.2) is 0 Å². The third-order valence-electron chi connectivity index (χ3n) is 2.58. The molecule has 15 heavy (non-hydrogen) atoms. The van der Waals surface area contributed by atoms with E-state index in [4.69, 9.17) is 0 Å². The monoisotopic (exact) mass is 256 g/mol. The SMILES string of the molecule is Cc1csc2c1S(=O)(=O)c1c(C)csc1-2. The molecular formula is C10H8O2S3. The molecule has 2 aromatic rings. The van der Waals surface area contributed by atoms with Gasteiger partial charge in [-0.25, -0.2) is 8.42 Å². The van der Waals surface area contributed by atoms with Crippen molar-refractivity contribution in [2.24, 2.45) is 0 Å². The third-order valence-corrected chi connectivity index (χ3v) is 7.33. The van der Waals surface area contributed by atoms with Crippen LogP contribution in [0.5, 0.6) is 0 Å². The Morgan fingerprint density at radius 1 is 0.933 bits per heavy atom. The molecule has 3 heterocycles. The molecule has 0 saturated carbocycles. The van der Waals surface area contributed by atoms with E-state index in [1.807, 2.05) is 24.6 Å². The van der Waals surface area contributed by atoms with Crippen molar-refractivity contribution in [3.05, 3.63) is 21.9 Å². The van der Waals surface area contributed by atoms with Gasteiger partial charge >= 0.3 is 0 Å². The normalized spacial score (nSPS) is 16.4. The van der Waals surface area contributed by atoms with E-state index in [0.29, 0.717) is 9.79 Å². The van der Waals surface area contributed by atoms with Gasteiger partial charge in [0.1, 0.15) is 0 Å². The van der Waals surface area contributed by atoms with Gasteiger partial charge in [0.25, 0.3) is 0 Å². The summed E-state index contributed by atoms with van der Waals surface area (Å²) in [7, 11) is -3.22. The largest absolute Gasteiger partial charge is 0.218 e. The Labute approximate surface area is 96.1 Å². The molecule has 0 saturated heterocycles. The van der Waals surface area contributed by atoms with Crippen molar-refractivity contribution < 1.29 is 8.42 Å². The molecule has 0 amide bonds. The van der Waals surface area contributed by atoms with Crippen LogP contribution in [0, 0.1) is 13.8 Å². The smallest absolute Gasteiger partial charge is 0.210 e. The topological polar surface area (TPSA) is 34.1 Å². The van der Waals surface area contributed by atoms with Crippen LogP contribution in [0.2, 0.25) is 0 Å². The number of aryl methyl sites for hydroxylation is 2. The highest BCUT2D eigenvalue weighted by Gasteiger charge is 2.38. The average molecular weight is 256 g/mol. The van der Waals surface area contributed by atoms with Crippen LogP contribution in [-0.2, 0) is 9.84 Å². The van der Waals surface area contributed by atoms with Gasteiger partial charge < -0.3 is 0 Å². The molecule has 0 N–H and O–H groups in total. The van der Waals surface area contributed by atoms with Gasteiger partial charge in [-0.1, -0.05) is 0 Å². The summed E-state index contributed by atoms with van der Waals surface area (Å²) in [5, 5.41) is 3.83. The molecule has 0 spiro atoms. The molecule has 0 bridgehead atoms. The number of thiophene rings is 2. The molecule has 0 aromatic carbocycles. The first-order chi connectivity index (χ1) is 7.03. The predicted molar refractivity (Wildman–Crippen MR) is 62.6 cm³/mol. The summed E-state index contributed by atoms with van der Waals surface area (Å²) < 4.78 is 24.5. The molecule has 3 rings (SSSR count). The first-order valence-electron chi connectivity index (χ1n) is 4.45. The number of hydrogen-bond acceptors (Lipinski definition) is 4. The fraction of sp³-hybridized carbons (Fsp3) is 0.200. The van der Waals surface area contributed by atoms with Crippen LogP contribution in [0.1, 0.15) is 11.1 Å². The minimum Gasteiger partial charge on any atom is -0.218 e. The number of hydrogen-bond donors (Lipinski definition) is 0. The third kappa shape index (κ3) is 1.01. The quantitative estimate of drug-likeness (QED) is 0.619. The van der Waals surface area contributed by atoms with Crippen LogP contribution in [0.4, 0.5) is 0 Å². The van der Waals surface area contributed by atoms with Crippen LogP contribution in [0.25, 0.3) is 9.75 Å². The molecule has 2 aromatic heterocycles. The lowest BCUT2D eigenvalue weighted by atomic mass is 10.3. The Hall–Kier alpha value is -0.650. The van der Waals surface area contributed by atoms with Gasteiger partial charge in [-0.15, -0.1) is 22.7 Å². The maximum Gasteiger partial charge on any atom is 0.210 e. The molecule has 1 aliphatic rings. The van der Waals surface area contributed by atoms with Crippen LogP contribution < -0.4 is 0 Å². The summed E-state index contributed by atoms with van der Waals surface area (Å²) in [5.74, 6) is 0. The highest BCUT2D eigenvalue weighted by atomic mass is 32.2. The number of sulfone groups is 1. The number of rotatable bonds is 0. The Morgan fingerprint density at radius 2 is 1.33 bits per heavy atom. The van der Waals surface area contributed by atoms with E-state index in [1.54, 1.807) is 0 Å². The summed E-state index contributed by atoms with van der Waals surface area (Å²) >= 11 is 3.06. The molecule has 0 unspecified atom stereocenters. The van der Waals surface area contributed by atoms with Gasteiger partial charge in [0.2, 0.25) is 9.84 Å². The van der Waals surface area contributed by atoms with E-state index in [9.17, 15) is 8.42 Å². The summed E-state index contributed by atoms with van der Waals surface area (Å²) in [6.45, 7) is 3.72. The average Bonchev–Trinajstić information content (AvgIpc) is 2.73. The molecule has 0 radical (unpaired) electrons. The second-order valence-corrected chi connectivity index (χ2v) is 7.24. The van der Waals surface area contributed by atoms with Gasteiger partial charge in [-0.2, -0.15) is 0 Å². The Bertz CT molecular complexity index is 607. The van der Waals surface area contributed by atoms with Gasteiger partial charge in [0, 0.05) is 0 Å². The van der Waals surface area contributed by atoms with Crippen LogP contribution >= 0.6 is 22.7 Å². The van der Waals surface area contributed by atoms with Crippen molar-refractivity contribution in [3.63, 3.8) is 0 Å². The molecule has 5 heteroatoms. The van der Waals surface area contributed by atoms with Crippen molar-refractivity contribution in [2.75, 3.05) is 0 Å². The molecule has 0 fully saturated rings. The molecule has 2 nitrogen and oxygen atoms in total. The van der Waals surface area contributed by atoms with E-state index in [-0.39, 0.29) is 0 Å². The van der Waals surface area contributed by atoms with Crippen LogP contribution in [0.3, 0.4) is 0 Å². The predicted octanol–water partition coefficient (Wildman–Crippen LogP) is 3.24. The Kier molecular flexibility index (Phi) is 1.74. The summed E-state index contributed by atoms with van der Waals surface area (Å²) in [5.41, 5.74) is 1.75. The van der Waals surface area contributed by atoms with E-state index < -0.39 is 9.84 Å². The highest BCUT2D eigenvalue weighted by molar-refractivity contribution is 7.92. The molecule has 1 aliphatic heterocycles. The van der Waals surface area contributed by atoms with Crippen molar-refractivity contribution in [1.29, 1.82) is 0 Å². The zero-order valence-corrected chi connectivity index (χ0v) is 10.6. The standard InChI is InChI=1S/C10H8O2S3/c1-5-3-13-7-8-10(6(2)4-14-8)15(11,12)9(5)7/h3-4H,1-2H3.